The quantitative estimate of drug-likeness (QED) is 0.820. The summed E-state index contributed by atoms with van der Waals surface area (Å²) in [5.74, 6) is 1.54. The lowest BCUT2D eigenvalue weighted by atomic mass is 9.94. The zero-order valence-corrected chi connectivity index (χ0v) is 17.0. The molecule has 7 heteroatoms. The standard InChI is InChI=1S/C20H29N5O.ClH/c1-14-10-15(2)25(24-14)20-7-6-16(12-23-20)11-22-18-5-3-4-17(18)19-13-26-9-8-21-19;/h6-7,10,12,17-19,21-22H,3-5,8-9,11,13H2,1-2H3;1H. The summed E-state index contributed by atoms with van der Waals surface area (Å²) in [5, 5.41) is 11.9. The molecule has 2 fully saturated rings. The monoisotopic (exact) mass is 391 g/mol. The van der Waals surface area contributed by atoms with Gasteiger partial charge in [0.25, 0.3) is 0 Å². The van der Waals surface area contributed by atoms with Crippen molar-refractivity contribution in [2.24, 2.45) is 5.92 Å². The number of morpholine rings is 1. The van der Waals surface area contributed by atoms with E-state index < -0.39 is 0 Å². The van der Waals surface area contributed by atoms with Crippen LogP contribution in [0.25, 0.3) is 5.82 Å². The molecule has 6 nitrogen and oxygen atoms in total. The maximum absolute atomic E-state index is 5.66. The predicted octanol–water partition coefficient (Wildman–Crippen LogP) is 2.55. The summed E-state index contributed by atoms with van der Waals surface area (Å²) in [6.45, 7) is 7.59. The Hall–Kier alpha value is -1.47. The van der Waals surface area contributed by atoms with Crippen molar-refractivity contribution in [2.75, 3.05) is 19.8 Å². The Labute approximate surface area is 167 Å². The van der Waals surface area contributed by atoms with Crippen LogP contribution in [0.4, 0.5) is 0 Å². The first-order chi connectivity index (χ1) is 12.7. The number of rotatable bonds is 5. The molecule has 3 heterocycles. The van der Waals surface area contributed by atoms with Gasteiger partial charge >= 0.3 is 0 Å². The van der Waals surface area contributed by atoms with Crippen LogP contribution in [0.2, 0.25) is 0 Å². The van der Waals surface area contributed by atoms with E-state index in [0.29, 0.717) is 18.0 Å². The smallest absolute Gasteiger partial charge is 0.153 e. The molecule has 0 aromatic carbocycles. The fourth-order valence-corrected chi connectivity index (χ4v) is 4.34. The second kappa shape index (κ2) is 9.15. The minimum absolute atomic E-state index is 0. The van der Waals surface area contributed by atoms with Crippen LogP contribution in [0.5, 0.6) is 0 Å². The van der Waals surface area contributed by atoms with E-state index in [1.54, 1.807) is 0 Å². The normalized spacial score (nSPS) is 25.3. The molecule has 2 aromatic heterocycles. The van der Waals surface area contributed by atoms with Gasteiger partial charge in [-0.3, -0.25) is 0 Å². The second-order valence-corrected chi connectivity index (χ2v) is 7.58. The number of hydrogen-bond donors (Lipinski definition) is 2. The molecule has 0 bridgehead atoms. The molecule has 27 heavy (non-hydrogen) atoms. The molecule has 0 amide bonds. The lowest BCUT2D eigenvalue weighted by molar-refractivity contribution is 0.0524. The van der Waals surface area contributed by atoms with E-state index in [1.807, 2.05) is 17.8 Å². The molecule has 2 aliphatic rings. The number of ether oxygens (including phenoxy) is 1. The average Bonchev–Trinajstić information content (AvgIpc) is 3.27. The maximum atomic E-state index is 5.66. The Morgan fingerprint density at radius 1 is 1.30 bits per heavy atom. The summed E-state index contributed by atoms with van der Waals surface area (Å²) in [4.78, 5) is 4.61. The highest BCUT2D eigenvalue weighted by molar-refractivity contribution is 5.85. The maximum Gasteiger partial charge on any atom is 0.153 e. The van der Waals surface area contributed by atoms with Gasteiger partial charge in [0.05, 0.1) is 18.9 Å². The highest BCUT2D eigenvalue weighted by Gasteiger charge is 2.34. The Morgan fingerprint density at radius 2 is 2.19 bits per heavy atom. The second-order valence-electron chi connectivity index (χ2n) is 7.58. The van der Waals surface area contributed by atoms with Gasteiger partial charge in [0.1, 0.15) is 0 Å². The third-order valence-corrected chi connectivity index (χ3v) is 5.64. The third-order valence-electron chi connectivity index (χ3n) is 5.64. The van der Waals surface area contributed by atoms with Gasteiger partial charge in [-0.05, 0) is 50.3 Å². The van der Waals surface area contributed by atoms with E-state index in [4.69, 9.17) is 4.74 Å². The van der Waals surface area contributed by atoms with Crippen LogP contribution in [0.1, 0.15) is 36.2 Å². The van der Waals surface area contributed by atoms with Gasteiger partial charge in [-0.15, -0.1) is 12.4 Å². The van der Waals surface area contributed by atoms with Crippen molar-refractivity contribution >= 4 is 12.4 Å². The lowest BCUT2D eigenvalue weighted by Gasteiger charge is -2.33. The van der Waals surface area contributed by atoms with Crippen molar-refractivity contribution in [1.82, 2.24) is 25.4 Å². The van der Waals surface area contributed by atoms with Crippen LogP contribution in [0, 0.1) is 19.8 Å². The molecule has 3 unspecified atom stereocenters. The molecule has 1 aliphatic heterocycles. The van der Waals surface area contributed by atoms with E-state index in [2.05, 4.69) is 45.8 Å². The topological polar surface area (TPSA) is 64.0 Å². The highest BCUT2D eigenvalue weighted by atomic mass is 35.5. The molecule has 1 aliphatic carbocycles. The largest absolute Gasteiger partial charge is 0.379 e. The van der Waals surface area contributed by atoms with Crippen molar-refractivity contribution in [3.63, 3.8) is 0 Å². The van der Waals surface area contributed by atoms with E-state index in [1.165, 1.54) is 24.8 Å². The first-order valence-corrected chi connectivity index (χ1v) is 9.74. The van der Waals surface area contributed by atoms with Gasteiger partial charge in [-0.1, -0.05) is 12.5 Å². The number of aryl methyl sites for hydroxylation is 2. The van der Waals surface area contributed by atoms with Crippen LogP contribution >= 0.6 is 12.4 Å². The van der Waals surface area contributed by atoms with Crippen LogP contribution in [0.3, 0.4) is 0 Å². The van der Waals surface area contributed by atoms with Crippen LogP contribution in [-0.2, 0) is 11.3 Å². The first kappa shape index (κ1) is 20.3. The molecular formula is C20H30ClN5O. The van der Waals surface area contributed by atoms with E-state index in [9.17, 15) is 0 Å². The molecular weight excluding hydrogens is 362 g/mol. The number of halogens is 1. The fraction of sp³-hybridized carbons (Fsp3) is 0.600. The van der Waals surface area contributed by atoms with Gasteiger partial charge in [0.2, 0.25) is 0 Å². The zero-order valence-electron chi connectivity index (χ0n) is 16.1. The van der Waals surface area contributed by atoms with E-state index >= 15 is 0 Å². The van der Waals surface area contributed by atoms with Crippen molar-refractivity contribution in [2.45, 2.75) is 51.7 Å². The number of nitrogens with zero attached hydrogens (tertiary/aromatic N) is 3. The van der Waals surface area contributed by atoms with Gasteiger partial charge in [0.15, 0.2) is 5.82 Å². The number of hydrogen-bond acceptors (Lipinski definition) is 5. The highest BCUT2D eigenvalue weighted by Crippen LogP contribution is 2.29. The summed E-state index contributed by atoms with van der Waals surface area (Å²) >= 11 is 0. The van der Waals surface area contributed by atoms with Gasteiger partial charge in [-0.25, -0.2) is 9.67 Å². The van der Waals surface area contributed by atoms with Gasteiger partial charge in [0, 0.05) is 37.1 Å². The molecule has 0 spiro atoms. The minimum atomic E-state index is 0. The van der Waals surface area contributed by atoms with E-state index in [0.717, 1.165) is 43.5 Å². The van der Waals surface area contributed by atoms with Crippen molar-refractivity contribution in [3.8, 4) is 5.82 Å². The molecule has 1 saturated heterocycles. The molecule has 1 saturated carbocycles. The summed E-state index contributed by atoms with van der Waals surface area (Å²) in [6, 6.07) is 7.33. The molecule has 2 aromatic rings. The molecule has 148 valence electrons. The minimum Gasteiger partial charge on any atom is -0.379 e. The summed E-state index contributed by atoms with van der Waals surface area (Å²) in [5.41, 5.74) is 3.34. The number of aromatic nitrogens is 3. The predicted molar refractivity (Wildman–Crippen MR) is 109 cm³/mol. The molecule has 0 radical (unpaired) electrons. The summed E-state index contributed by atoms with van der Waals surface area (Å²) in [6.07, 6.45) is 5.80. The summed E-state index contributed by atoms with van der Waals surface area (Å²) < 4.78 is 7.56. The van der Waals surface area contributed by atoms with Gasteiger partial charge in [-0.2, -0.15) is 5.10 Å². The van der Waals surface area contributed by atoms with Crippen molar-refractivity contribution in [3.05, 3.63) is 41.3 Å². The fourth-order valence-electron chi connectivity index (χ4n) is 4.34. The molecule has 2 N–H and O–H groups in total. The summed E-state index contributed by atoms with van der Waals surface area (Å²) in [7, 11) is 0. The van der Waals surface area contributed by atoms with Crippen LogP contribution in [-0.4, -0.2) is 46.6 Å². The third kappa shape index (κ3) is 4.69. The Balaban J connectivity index is 0.00000210. The molecule has 4 rings (SSSR count). The lowest BCUT2D eigenvalue weighted by Crippen LogP contribution is -2.50. The van der Waals surface area contributed by atoms with Crippen molar-refractivity contribution < 1.29 is 4.74 Å². The Morgan fingerprint density at radius 3 is 2.85 bits per heavy atom. The average molecular weight is 392 g/mol. The van der Waals surface area contributed by atoms with Crippen LogP contribution < -0.4 is 10.6 Å². The van der Waals surface area contributed by atoms with E-state index in [-0.39, 0.29) is 12.4 Å². The van der Waals surface area contributed by atoms with Crippen LogP contribution in [0.15, 0.2) is 24.4 Å². The van der Waals surface area contributed by atoms with Crippen molar-refractivity contribution in [1.29, 1.82) is 0 Å². The Kier molecular flexibility index (Phi) is 6.87. The molecule has 3 atom stereocenters. The number of pyridine rings is 1. The Bertz CT molecular complexity index is 726. The zero-order chi connectivity index (χ0) is 17.9. The number of nitrogens with one attached hydrogen (secondary N) is 2. The van der Waals surface area contributed by atoms with Gasteiger partial charge < -0.3 is 15.4 Å². The first-order valence-electron chi connectivity index (χ1n) is 9.74. The SMILES string of the molecule is Cc1cc(C)n(-c2ccc(CNC3CCCC3C3COCCN3)cn2)n1.Cl.